The number of nitrogens with zero attached hydrogens (tertiary/aromatic N) is 1. The van der Waals surface area contributed by atoms with E-state index in [9.17, 15) is 32.3 Å². The minimum Gasteiger partial charge on any atom is -0.478 e. The SMILES string of the molecule is C[C@@H](F)c1c(F)cncc1[C@H]1C2=C(COC2=O)NC(C(F)F)=C1C(=O)O. The Kier molecular flexibility index (Phi) is 4.43. The van der Waals surface area contributed by atoms with E-state index in [1.54, 1.807) is 0 Å². The van der Waals surface area contributed by atoms with Gasteiger partial charge in [-0.1, -0.05) is 0 Å². The summed E-state index contributed by atoms with van der Waals surface area (Å²) < 4.78 is 59.8. The van der Waals surface area contributed by atoms with Gasteiger partial charge in [-0.15, -0.1) is 0 Å². The molecule has 6 nitrogen and oxygen atoms in total. The lowest BCUT2D eigenvalue weighted by molar-refractivity contribution is -0.136. The second-order valence-electron chi connectivity index (χ2n) is 5.70. The van der Waals surface area contributed by atoms with Gasteiger partial charge in [0.05, 0.1) is 34.7 Å². The number of carbonyl (C=O) groups excluding carboxylic acids is 1. The fraction of sp³-hybridized carbons (Fsp3) is 0.312. The Morgan fingerprint density at radius 2 is 2.08 bits per heavy atom. The van der Waals surface area contributed by atoms with E-state index in [0.29, 0.717) is 0 Å². The molecule has 0 spiro atoms. The molecule has 0 aliphatic carbocycles. The summed E-state index contributed by atoms with van der Waals surface area (Å²) in [6, 6.07) is 0. The van der Waals surface area contributed by atoms with Crippen LogP contribution in [0.3, 0.4) is 0 Å². The second-order valence-corrected chi connectivity index (χ2v) is 5.70. The first-order valence-corrected chi connectivity index (χ1v) is 7.44. The van der Waals surface area contributed by atoms with E-state index in [2.05, 4.69) is 10.3 Å². The van der Waals surface area contributed by atoms with Crippen molar-refractivity contribution in [2.24, 2.45) is 0 Å². The molecule has 0 bridgehead atoms. The maximum atomic E-state index is 14.1. The second kappa shape index (κ2) is 6.43. The zero-order chi connectivity index (χ0) is 19.2. The number of ether oxygens (including phenoxy) is 1. The molecule has 26 heavy (non-hydrogen) atoms. The molecule has 0 amide bonds. The molecule has 2 aliphatic rings. The number of rotatable bonds is 4. The van der Waals surface area contributed by atoms with Crippen molar-refractivity contribution in [2.45, 2.75) is 25.4 Å². The van der Waals surface area contributed by atoms with Crippen molar-refractivity contribution < 1.29 is 37.0 Å². The van der Waals surface area contributed by atoms with Gasteiger partial charge in [0.2, 0.25) is 0 Å². The highest BCUT2D eigenvalue weighted by Gasteiger charge is 2.45. The molecule has 2 atom stereocenters. The maximum absolute atomic E-state index is 14.1. The van der Waals surface area contributed by atoms with Gasteiger partial charge in [0.1, 0.15) is 18.6 Å². The number of carboxylic acids is 1. The third-order valence-corrected chi connectivity index (χ3v) is 4.17. The molecular formula is C16H12F4N2O4. The molecule has 0 saturated carbocycles. The van der Waals surface area contributed by atoms with Gasteiger partial charge in [-0.05, 0) is 12.5 Å². The third-order valence-electron chi connectivity index (χ3n) is 4.17. The first-order valence-electron chi connectivity index (χ1n) is 7.44. The van der Waals surface area contributed by atoms with Crippen molar-refractivity contribution in [3.63, 3.8) is 0 Å². The minimum absolute atomic E-state index is 0.0676. The van der Waals surface area contributed by atoms with E-state index in [1.165, 1.54) is 0 Å². The summed E-state index contributed by atoms with van der Waals surface area (Å²) in [5.41, 5.74) is -3.05. The van der Waals surface area contributed by atoms with Crippen molar-refractivity contribution in [3.8, 4) is 0 Å². The molecule has 10 heteroatoms. The summed E-state index contributed by atoms with van der Waals surface area (Å²) in [5.74, 6) is -5.43. The van der Waals surface area contributed by atoms with Crippen LogP contribution in [0.1, 0.15) is 30.1 Å². The molecular weight excluding hydrogens is 360 g/mol. The number of carboxylic acid groups (broad SMARTS) is 1. The number of aliphatic carboxylic acids is 1. The number of alkyl halides is 3. The Balaban J connectivity index is 2.33. The standard InChI is InChI=1S/C16H12F4N2O4/c1-5(17)9-6(2-21-3-7(9)18)10-11-8(4-26-16(11)25)22-13(14(19)20)12(10)15(23)24/h2-3,5,10,14,22H,4H2,1H3,(H,23,24)/t5-,10+/m1/s1. The van der Waals surface area contributed by atoms with Crippen LogP contribution in [-0.2, 0) is 14.3 Å². The Labute approximate surface area is 144 Å². The third kappa shape index (κ3) is 2.71. The first-order chi connectivity index (χ1) is 12.2. The maximum Gasteiger partial charge on any atom is 0.337 e. The number of dihydropyridines is 1. The molecule has 3 rings (SSSR count). The van der Waals surface area contributed by atoms with Crippen molar-refractivity contribution in [1.82, 2.24) is 10.3 Å². The minimum atomic E-state index is -3.22. The van der Waals surface area contributed by atoms with Crippen LogP contribution in [0.25, 0.3) is 0 Å². The van der Waals surface area contributed by atoms with Gasteiger partial charge in [0, 0.05) is 11.8 Å². The number of cyclic esters (lactones) is 1. The zero-order valence-electron chi connectivity index (χ0n) is 13.2. The normalized spacial score (nSPS) is 20.8. The molecule has 0 radical (unpaired) electrons. The molecule has 1 aromatic rings. The quantitative estimate of drug-likeness (QED) is 0.623. The van der Waals surface area contributed by atoms with Gasteiger partial charge in [-0.2, -0.15) is 0 Å². The fourth-order valence-electron chi connectivity index (χ4n) is 3.17. The van der Waals surface area contributed by atoms with Crippen LogP contribution in [0, 0.1) is 5.82 Å². The molecule has 0 fully saturated rings. The number of pyridine rings is 1. The summed E-state index contributed by atoms with van der Waals surface area (Å²) >= 11 is 0. The highest BCUT2D eigenvalue weighted by atomic mass is 19.3. The lowest BCUT2D eigenvalue weighted by Gasteiger charge is -2.29. The van der Waals surface area contributed by atoms with Gasteiger partial charge in [-0.3, -0.25) is 4.98 Å². The highest BCUT2D eigenvalue weighted by molar-refractivity contribution is 6.00. The van der Waals surface area contributed by atoms with E-state index in [0.717, 1.165) is 19.3 Å². The van der Waals surface area contributed by atoms with Crippen LogP contribution in [0.4, 0.5) is 17.6 Å². The lowest BCUT2D eigenvalue weighted by atomic mass is 9.79. The van der Waals surface area contributed by atoms with Gasteiger partial charge >= 0.3 is 11.9 Å². The van der Waals surface area contributed by atoms with Crippen LogP contribution >= 0.6 is 0 Å². The van der Waals surface area contributed by atoms with E-state index in [1.807, 2.05) is 0 Å². The van der Waals surface area contributed by atoms with Crippen LogP contribution in [0.2, 0.25) is 0 Å². The zero-order valence-corrected chi connectivity index (χ0v) is 13.2. The van der Waals surface area contributed by atoms with Gasteiger partial charge in [0.25, 0.3) is 6.43 Å². The summed E-state index contributed by atoms with van der Waals surface area (Å²) in [7, 11) is 0. The van der Waals surface area contributed by atoms with E-state index in [4.69, 9.17) is 4.74 Å². The van der Waals surface area contributed by atoms with E-state index >= 15 is 0 Å². The molecule has 0 aromatic carbocycles. The van der Waals surface area contributed by atoms with Crippen LogP contribution in [0.5, 0.6) is 0 Å². The molecule has 0 saturated heterocycles. The molecule has 3 heterocycles. The summed E-state index contributed by atoms with van der Waals surface area (Å²) in [6.45, 7) is 0.625. The van der Waals surface area contributed by atoms with Crippen molar-refractivity contribution in [3.05, 3.63) is 51.9 Å². The Morgan fingerprint density at radius 1 is 1.38 bits per heavy atom. The van der Waals surface area contributed by atoms with Crippen molar-refractivity contribution >= 4 is 11.9 Å². The number of aromatic nitrogens is 1. The van der Waals surface area contributed by atoms with E-state index in [-0.39, 0.29) is 23.4 Å². The molecule has 2 N–H and O–H groups in total. The largest absolute Gasteiger partial charge is 0.478 e. The van der Waals surface area contributed by atoms with Crippen molar-refractivity contribution in [1.29, 1.82) is 0 Å². The molecule has 138 valence electrons. The number of carbonyl (C=O) groups is 2. The summed E-state index contributed by atoms with van der Waals surface area (Å²) in [6.07, 6.45) is -3.43. The van der Waals surface area contributed by atoms with Gasteiger partial charge in [-0.25, -0.2) is 27.2 Å². The topological polar surface area (TPSA) is 88.5 Å². The summed E-state index contributed by atoms with van der Waals surface area (Å²) in [5, 5.41) is 11.7. The molecule has 1 aromatic heterocycles. The van der Waals surface area contributed by atoms with Crippen LogP contribution in [-0.4, -0.2) is 35.1 Å². The fourth-order valence-corrected chi connectivity index (χ4v) is 3.17. The number of esters is 1. The number of hydrogen-bond donors (Lipinski definition) is 2. The Hall–Kier alpha value is -2.91. The summed E-state index contributed by atoms with van der Waals surface area (Å²) in [4.78, 5) is 27.3. The first kappa shape index (κ1) is 17.9. The monoisotopic (exact) mass is 372 g/mol. The van der Waals surface area contributed by atoms with E-state index < -0.39 is 53.1 Å². The average molecular weight is 372 g/mol. The smallest absolute Gasteiger partial charge is 0.337 e. The highest BCUT2D eigenvalue weighted by Crippen LogP contribution is 2.44. The predicted molar refractivity (Wildman–Crippen MR) is 78.2 cm³/mol. The van der Waals surface area contributed by atoms with Crippen molar-refractivity contribution in [2.75, 3.05) is 6.61 Å². The number of allylic oxidation sites excluding steroid dienone is 1. The number of nitrogens with one attached hydrogen (secondary N) is 1. The Bertz CT molecular complexity index is 864. The van der Waals surface area contributed by atoms with Crippen LogP contribution in [0.15, 0.2) is 34.9 Å². The number of halogens is 4. The van der Waals surface area contributed by atoms with Crippen LogP contribution < -0.4 is 5.32 Å². The van der Waals surface area contributed by atoms with Gasteiger partial charge < -0.3 is 15.2 Å². The van der Waals surface area contributed by atoms with Gasteiger partial charge in [0.15, 0.2) is 0 Å². The average Bonchev–Trinajstić information content (AvgIpc) is 2.93. The Morgan fingerprint density at radius 3 is 2.65 bits per heavy atom. The molecule has 0 unspecified atom stereocenters. The molecule has 2 aliphatic heterocycles. The number of hydrogen-bond acceptors (Lipinski definition) is 5. The lowest BCUT2D eigenvalue weighted by Crippen LogP contribution is -2.33. The predicted octanol–water partition coefficient (Wildman–Crippen LogP) is 2.35.